The molecule has 0 radical (unpaired) electrons. The second-order valence-electron chi connectivity index (χ2n) is 6.05. The van der Waals surface area contributed by atoms with E-state index in [0.717, 1.165) is 12.1 Å². The minimum Gasteiger partial charge on any atom is -0.320 e. The maximum atomic E-state index is 12.5. The van der Waals surface area contributed by atoms with Crippen LogP contribution in [0.15, 0.2) is 48.1 Å². The third-order valence-electron chi connectivity index (χ3n) is 3.78. The lowest BCUT2D eigenvalue weighted by Gasteiger charge is -2.05. The van der Waals surface area contributed by atoms with Crippen LogP contribution in [0, 0.1) is 0 Å². The van der Waals surface area contributed by atoms with Crippen molar-refractivity contribution in [2.45, 2.75) is 19.6 Å². The van der Waals surface area contributed by atoms with Crippen LogP contribution in [0.25, 0.3) is 6.08 Å². The fraction of sp³-hybridized carbons (Fsp3) is 0.158. The number of carbonyl (C=O) groups is 2. The first kappa shape index (κ1) is 20.5. The monoisotopic (exact) mass is 420 g/mol. The highest BCUT2D eigenvalue weighted by molar-refractivity contribution is 7.09. The summed E-state index contributed by atoms with van der Waals surface area (Å²) < 4.78 is 39.2. The zero-order valence-electron chi connectivity index (χ0n) is 15.1. The van der Waals surface area contributed by atoms with Crippen molar-refractivity contribution in [3.05, 3.63) is 69.9 Å². The number of hydrogen-bond donors (Lipinski definition) is 1. The molecular formula is C19H15F3N4O2S. The Morgan fingerprint density at radius 2 is 1.97 bits per heavy atom. The fourth-order valence-electron chi connectivity index (χ4n) is 2.34. The minimum absolute atomic E-state index is 0.110. The number of halogens is 3. The third-order valence-corrected chi connectivity index (χ3v) is 4.61. The fourth-order valence-corrected chi connectivity index (χ4v) is 3.16. The Bertz CT molecular complexity index is 1050. The van der Waals surface area contributed by atoms with Crippen molar-refractivity contribution in [3.8, 4) is 0 Å². The van der Waals surface area contributed by atoms with Crippen LogP contribution in [0.3, 0.4) is 0 Å². The number of nitrogens with zero attached hydrogens (tertiary/aromatic N) is 3. The number of carbonyl (C=O) groups excluding carboxylic acids is 2. The maximum absolute atomic E-state index is 12.5. The van der Waals surface area contributed by atoms with Crippen molar-refractivity contribution < 1.29 is 22.8 Å². The van der Waals surface area contributed by atoms with E-state index in [4.69, 9.17) is 0 Å². The highest BCUT2D eigenvalue weighted by Gasteiger charge is 2.29. The Kier molecular flexibility index (Phi) is 5.92. The summed E-state index contributed by atoms with van der Waals surface area (Å²) in [5.74, 6) is -0.557. The summed E-state index contributed by atoms with van der Waals surface area (Å²) in [6, 6.07) is 4.48. The summed E-state index contributed by atoms with van der Waals surface area (Å²) in [6.07, 6.45) is 1.31. The van der Waals surface area contributed by atoms with Crippen molar-refractivity contribution in [3.63, 3.8) is 0 Å². The van der Waals surface area contributed by atoms with Gasteiger partial charge in [-0.2, -0.15) is 18.3 Å². The largest absolute Gasteiger partial charge is 0.416 e. The molecule has 1 amide bonds. The molecule has 10 heteroatoms. The zero-order chi connectivity index (χ0) is 21.0. The van der Waals surface area contributed by atoms with Gasteiger partial charge in [0.1, 0.15) is 10.7 Å². The van der Waals surface area contributed by atoms with Gasteiger partial charge in [0, 0.05) is 24.6 Å². The number of Topliss-reactive ketones (excluding diaryl/α,β-unsaturated/α-hetero) is 1. The number of hydrogen-bond acceptors (Lipinski definition) is 5. The number of amides is 1. The predicted octanol–water partition coefficient (Wildman–Crippen LogP) is 4.26. The minimum atomic E-state index is -4.40. The van der Waals surface area contributed by atoms with Gasteiger partial charge in [-0.3, -0.25) is 14.3 Å². The lowest BCUT2D eigenvalue weighted by atomic mass is 10.1. The average Bonchev–Trinajstić information content (AvgIpc) is 3.30. The Balaban J connectivity index is 1.57. The number of alkyl halides is 3. The molecule has 0 aliphatic heterocycles. The molecule has 1 aromatic carbocycles. The molecule has 0 bridgehead atoms. The smallest absolute Gasteiger partial charge is 0.320 e. The highest BCUT2D eigenvalue weighted by atomic mass is 32.1. The van der Waals surface area contributed by atoms with Crippen LogP contribution in [0.2, 0.25) is 0 Å². The Morgan fingerprint density at radius 1 is 1.24 bits per heavy atom. The van der Waals surface area contributed by atoms with Gasteiger partial charge in [0.25, 0.3) is 0 Å². The second kappa shape index (κ2) is 8.39. The van der Waals surface area contributed by atoms with Gasteiger partial charge in [0.05, 0.1) is 24.0 Å². The Labute approximate surface area is 167 Å². The van der Waals surface area contributed by atoms with Crippen LogP contribution in [0.5, 0.6) is 0 Å². The van der Waals surface area contributed by atoms with Crippen molar-refractivity contribution in [2.75, 3.05) is 5.32 Å². The van der Waals surface area contributed by atoms with E-state index in [1.54, 1.807) is 16.3 Å². The van der Waals surface area contributed by atoms with Crippen molar-refractivity contribution >= 4 is 34.8 Å². The van der Waals surface area contributed by atoms with E-state index in [2.05, 4.69) is 15.4 Å². The Hall–Kier alpha value is -3.27. The number of benzene rings is 1. The second-order valence-corrected chi connectivity index (χ2v) is 6.99. The third kappa shape index (κ3) is 5.61. The van der Waals surface area contributed by atoms with E-state index in [9.17, 15) is 22.8 Å². The number of anilines is 1. The van der Waals surface area contributed by atoms with E-state index >= 15 is 0 Å². The number of aromatic nitrogens is 3. The molecule has 0 atom stereocenters. The standard InChI is InChI=1S/C19H15F3N4O2S/c1-12(27)16-11-29-18(25-16)10-26-9-15(8-23-26)24-17(28)7-4-13-2-5-14(6-3-13)19(20,21)22/h2-9,11H,10H2,1H3,(H,24,28)/b7-4-. The van der Waals surface area contributed by atoms with Gasteiger partial charge in [-0.05, 0) is 23.8 Å². The molecule has 0 fully saturated rings. The lowest BCUT2D eigenvalue weighted by molar-refractivity contribution is -0.137. The molecule has 3 rings (SSSR count). The molecule has 6 nitrogen and oxygen atoms in total. The van der Waals surface area contributed by atoms with Gasteiger partial charge >= 0.3 is 6.18 Å². The molecule has 150 valence electrons. The quantitative estimate of drug-likeness (QED) is 0.478. The van der Waals surface area contributed by atoms with Crippen LogP contribution < -0.4 is 5.32 Å². The number of rotatable bonds is 6. The van der Waals surface area contributed by atoms with Crippen LogP contribution in [-0.2, 0) is 17.5 Å². The molecule has 0 unspecified atom stereocenters. The summed E-state index contributed by atoms with van der Waals surface area (Å²) in [5.41, 5.74) is 0.575. The summed E-state index contributed by atoms with van der Waals surface area (Å²) in [7, 11) is 0. The molecular weight excluding hydrogens is 405 g/mol. The zero-order valence-corrected chi connectivity index (χ0v) is 15.9. The topological polar surface area (TPSA) is 76.9 Å². The molecule has 3 aromatic rings. The molecule has 2 heterocycles. The van der Waals surface area contributed by atoms with Gasteiger partial charge in [0.15, 0.2) is 5.78 Å². The molecule has 2 aromatic heterocycles. The molecule has 0 aliphatic carbocycles. The van der Waals surface area contributed by atoms with Gasteiger partial charge in [-0.1, -0.05) is 12.1 Å². The maximum Gasteiger partial charge on any atom is 0.416 e. The van der Waals surface area contributed by atoms with Crippen molar-refractivity contribution in [1.82, 2.24) is 14.8 Å². The lowest BCUT2D eigenvalue weighted by Crippen LogP contribution is -2.07. The van der Waals surface area contributed by atoms with Crippen molar-refractivity contribution in [2.24, 2.45) is 0 Å². The summed E-state index contributed by atoms with van der Waals surface area (Å²) in [4.78, 5) is 27.5. The molecule has 0 saturated carbocycles. The van der Waals surface area contributed by atoms with E-state index in [0.29, 0.717) is 28.5 Å². The van der Waals surface area contributed by atoms with E-state index < -0.39 is 17.6 Å². The molecule has 0 spiro atoms. The normalized spacial score (nSPS) is 11.7. The van der Waals surface area contributed by atoms with Crippen LogP contribution >= 0.6 is 11.3 Å². The predicted molar refractivity (Wildman–Crippen MR) is 103 cm³/mol. The average molecular weight is 420 g/mol. The van der Waals surface area contributed by atoms with Gasteiger partial charge < -0.3 is 5.32 Å². The number of ketones is 1. The summed E-state index contributed by atoms with van der Waals surface area (Å²) >= 11 is 1.34. The Morgan fingerprint density at radius 3 is 2.59 bits per heavy atom. The highest BCUT2D eigenvalue weighted by Crippen LogP contribution is 2.29. The number of nitrogens with one attached hydrogen (secondary N) is 1. The first-order valence-corrected chi connectivity index (χ1v) is 9.23. The van der Waals surface area contributed by atoms with Crippen LogP contribution in [-0.4, -0.2) is 26.5 Å². The van der Waals surface area contributed by atoms with Gasteiger partial charge in [-0.15, -0.1) is 11.3 Å². The number of thiazole rings is 1. The summed E-state index contributed by atoms with van der Waals surface area (Å²) in [6.45, 7) is 1.80. The SMILES string of the molecule is CC(=O)c1csc(Cn2cc(NC(=O)/C=C\c3ccc(C(F)(F)F)cc3)cn2)n1. The first-order chi connectivity index (χ1) is 13.7. The summed E-state index contributed by atoms with van der Waals surface area (Å²) in [5, 5.41) is 9.12. The van der Waals surface area contributed by atoms with E-state index in [-0.39, 0.29) is 5.78 Å². The van der Waals surface area contributed by atoms with Crippen molar-refractivity contribution in [1.29, 1.82) is 0 Å². The van der Waals surface area contributed by atoms with Crippen LogP contribution in [0.4, 0.5) is 18.9 Å². The van der Waals surface area contributed by atoms with Gasteiger partial charge in [0.2, 0.25) is 5.91 Å². The molecule has 0 aliphatic rings. The van der Waals surface area contributed by atoms with E-state index in [1.807, 2.05) is 0 Å². The van der Waals surface area contributed by atoms with E-state index in [1.165, 1.54) is 48.7 Å². The molecule has 1 N–H and O–H groups in total. The first-order valence-electron chi connectivity index (χ1n) is 8.35. The van der Waals surface area contributed by atoms with Crippen LogP contribution in [0.1, 0.15) is 33.5 Å². The van der Waals surface area contributed by atoms with Gasteiger partial charge in [-0.25, -0.2) is 4.98 Å². The molecule has 0 saturated heterocycles. The molecule has 29 heavy (non-hydrogen) atoms.